The number of hydrogen-bond donors (Lipinski definition) is 0. The highest BCUT2D eigenvalue weighted by Crippen LogP contribution is 2.28. The van der Waals surface area contributed by atoms with Gasteiger partial charge in [0.1, 0.15) is 17.3 Å². The Bertz CT molecular complexity index is 1200. The molecule has 1 aliphatic heterocycles. The summed E-state index contributed by atoms with van der Waals surface area (Å²) in [5, 5.41) is 3.60. The Balaban J connectivity index is 1.99. The Kier molecular flexibility index (Phi) is 7.77. The molecule has 1 saturated heterocycles. The van der Waals surface area contributed by atoms with Crippen molar-refractivity contribution in [2.24, 2.45) is 0 Å². The van der Waals surface area contributed by atoms with Crippen LogP contribution in [0, 0.1) is 11.6 Å². The van der Waals surface area contributed by atoms with Crippen molar-refractivity contribution in [2.75, 3.05) is 31.1 Å². The maximum atomic E-state index is 13.8. The van der Waals surface area contributed by atoms with Gasteiger partial charge in [0, 0.05) is 38.7 Å². The summed E-state index contributed by atoms with van der Waals surface area (Å²) in [5.41, 5.74) is 0.518. The van der Waals surface area contributed by atoms with E-state index in [1.165, 1.54) is 10.5 Å². The van der Waals surface area contributed by atoms with Crippen LogP contribution in [-0.4, -0.2) is 60.0 Å². The van der Waals surface area contributed by atoms with Crippen LogP contribution in [0.5, 0.6) is 5.75 Å². The average Bonchev–Trinajstić information content (AvgIpc) is 2.73. The molecule has 186 valence electrons. The van der Waals surface area contributed by atoms with Crippen LogP contribution in [0.3, 0.4) is 0 Å². The highest BCUT2D eigenvalue weighted by atomic mass is 32.2. The summed E-state index contributed by atoms with van der Waals surface area (Å²) in [6.07, 6.45) is 1.50. The molecule has 0 N–H and O–H groups in total. The van der Waals surface area contributed by atoms with Crippen molar-refractivity contribution in [2.45, 2.75) is 45.5 Å². The Morgan fingerprint density at radius 3 is 2.24 bits per heavy atom. The smallest absolute Gasteiger partial charge is 0.316 e. The van der Waals surface area contributed by atoms with Crippen LogP contribution >= 0.6 is 0 Å². The van der Waals surface area contributed by atoms with E-state index in [9.17, 15) is 22.0 Å². The Hall–Kier alpha value is -2.79. The Morgan fingerprint density at radius 1 is 1.12 bits per heavy atom. The fourth-order valence-corrected chi connectivity index (χ4v) is 5.09. The molecule has 1 fully saturated rings. The number of ether oxygens (including phenoxy) is 1. The minimum absolute atomic E-state index is 0.0198. The number of piperazine rings is 1. The second kappa shape index (κ2) is 10.2. The van der Waals surface area contributed by atoms with Gasteiger partial charge in [-0.1, -0.05) is 5.57 Å². The van der Waals surface area contributed by atoms with Gasteiger partial charge in [-0.15, -0.1) is 6.58 Å². The molecule has 34 heavy (non-hydrogen) atoms. The first-order valence-corrected chi connectivity index (χ1v) is 12.5. The molecule has 0 aliphatic carbocycles. The molecule has 2 heterocycles. The third kappa shape index (κ3) is 5.64. The van der Waals surface area contributed by atoms with Crippen LogP contribution in [0.4, 0.5) is 14.5 Å². The third-order valence-electron chi connectivity index (χ3n) is 5.50. The number of nitrogens with zero attached hydrogens (tertiary/aromatic N) is 4. The average molecular weight is 497 g/mol. The van der Waals surface area contributed by atoms with E-state index in [0.29, 0.717) is 31.3 Å². The number of anilines is 1. The number of aromatic nitrogens is 2. The maximum Gasteiger partial charge on any atom is 0.316 e. The van der Waals surface area contributed by atoms with Gasteiger partial charge in [-0.2, -0.15) is 14.1 Å². The predicted octanol–water partition coefficient (Wildman–Crippen LogP) is 3.10. The van der Waals surface area contributed by atoms with Crippen molar-refractivity contribution >= 4 is 15.7 Å². The summed E-state index contributed by atoms with van der Waals surface area (Å²) >= 11 is 0. The van der Waals surface area contributed by atoms with Crippen molar-refractivity contribution in [1.82, 2.24) is 14.1 Å². The third-order valence-corrected chi connectivity index (χ3v) is 7.77. The Labute approximate surface area is 198 Å². The second-order valence-electron chi connectivity index (χ2n) is 8.77. The fourth-order valence-electron chi connectivity index (χ4n) is 3.83. The van der Waals surface area contributed by atoms with E-state index >= 15 is 0 Å². The van der Waals surface area contributed by atoms with Gasteiger partial charge in [0.2, 0.25) is 15.8 Å². The summed E-state index contributed by atoms with van der Waals surface area (Å²) in [6.45, 7) is 11.9. The topological polar surface area (TPSA) is 84.7 Å². The molecule has 0 amide bonds. The molecule has 3 rings (SSSR count). The van der Waals surface area contributed by atoms with Gasteiger partial charge < -0.3 is 9.64 Å². The second-order valence-corrected chi connectivity index (χ2v) is 11.3. The lowest BCUT2D eigenvalue weighted by atomic mass is 10.2. The van der Waals surface area contributed by atoms with Crippen LogP contribution in [0.15, 0.2) is 41.3 Å². The standard InChI is InChI=1S/C23H30F2N4O4S/c1-15(2)10-17(5)33-22-21(27-6-8-28(9-7-27)34(31,32)16(3)4)14-26-29(23(22)30)20-12-18(24)11-19(25)13-20/h11-14,16-17H,1,6-10H2,2-5H3. The van der Waals surface area contributed by atoms with Gasteiger partial charge in [-0.05, 0) is 39.8 Å². The van der Waals surface area contributed by atoms with Gasteiger partial charge in [-0.3, -0.25) is 4.79 Å². The number of halogens is 2. The first-order valence-electron chi connectivity index (χ1n) is 11.0. The van der Waals surface area contributed by atoms with E-state index in [2.05, 4.69) is 11.7 Å². The van der Waals surface area contributed by atoms with E-state index in [1.807, 2.05) is 11.8 Å². The fraction of sp³-hybridized carbons (Fsp3) is 0.478. The van der Waals surface area contributed by atoms with Crippen molar-refractivity contribution in [1.29, 1.82) is 0 Å². The number of rotatable bonds is 8. The molecule has 1 aliphatic rings. The highest BCUT2D eigenvalue weighted by molar-refractivity contribution is 7.89. The molecule has 11 heteroatoms. The summed E-state index contributed by atoms with van der Waals surface area (Å²) in [4.78, 5) is 15.2. The molecular formula is C23H30F2N4O4S. The van der Waals surface area contributed by atoms with Gasteiger partial charge in [0.15, 0.2) is 0 Å². The van der Waals surface area contributed by atoms with Crippen LogP contribution in [0.25, 0.3) is 5.69 Å². The summed E-state index contributed by atoms with van der Waals surface area (Å²) in [5.74, 6) is -1.70. The summed E-state index contributed by atoms with van der Waals surface area (Å²) < 4.78 is 60.9. The quantitative estimate of drug-likeness (QED) is 0.522. The van der Waals surface area contributed by atoms with Crippen molar-refractivity contribution in [3.8, 4) is 11.4 Å². The highest BCUT2D eigenvalue weighted by Gasteiger charge is 2.31. The van der Waals surface area contributed by atoms with Gasteiger partial charge in [-0.25, -0.2) is 17.2 Å². The monoisotopic (exact) mass is 496 g/mol. The lowest BCUT2D eigenvalue weighted by molar-refractivity contribution is 0.217. The normalized spacial score (nSPS) is 16.0. The minimum atomic E-state index is -3.39. The number of hydrogen-bond acceptors (Lipinski definition) is 6. The summed E-state index contributed by atoms with van der Waals surface area (Å²) in [7, 11) is -3.39. The van der Waals surface area contributed by atoms with Crippen LogP contribution in [-0.2, 0) is 10.0 Å². The van der Waals surface area contributed by atoms with E-state index in [1.54, 1.807) is 20.8 Å². The van der Waals surface area contributed by atoms with E-state index in [0.717, 1.165) is 22.4 Å². The molecule has 8 nitrogen and oxygen atoms in total. The molecule has 2 aromatic rings. The zero-order valence-corrected chi connectivity index (χ0v) is 20.6. The SMILES string of the molecule is C=C(C)CC(C)Oc1c(N2CCN(S(=O)(=O)C(C)C)CC2)cnn(-c2cc(F)cc(F)c2)c1=O. The number of benzene rings is 1. The van der Waals surface area contributed by atoms with Crippen molar-refractivity contribution in [3.05, 3.63) is 58.5 Å². The first-order chi connectivity index (χ1) is 15.9. The Morgan fingerprint density at radius 2 is 1.71 bits per heavy atom. The van der Waals surface area contributed by atoms with E-state index in [4.69, 9.17) is 4.74 Å². The van der Waals surface area contributed by atoms with Gasteiger partial charge >= 0.3 is 5.56 Å². The summed E-state index contributed by atoms with van der Waals surface area (Å²) in [6, 6.07) is 2.72. The lowest BCUT2D eigenvalue weighted by Crippen LogP contribution is -2.50. The van der Waals surface area contributed by atoms with Crippen molar-refractivity contribution in [3.63, 3.8) is 0 Å². The molecule has 1 atom stereocenters. The van der Waals surface area contributed by atoms with Crippen LogP contribution in [0.1, 0.15) is 34.1 Å². The molecular weight excluding hydrogens is 466 g/mol. The molecule has 1 unspecified atom stereocenters. The molecule has 1 aromatic carbocycles. The van der Waals surface area contributed by atoms with E-state index in [-0.39, 0.29) is 24.5 Å². The van der Waals surface area contributed by atoms with Crippen LogP contribution < -0.4 is 15.2 Å². The van der Waals surface area contributed by atoms with E-state index < -0.39 is 38.6 Å². The predicted molar refractivity (Wildman–Crippen MR) is 127 cm³/mol. The van der Waals surface area contributed by atoms with Crippen molar-refractivity contribution < 1.29 is 21.9 Å². The van der Waals surface area contributed by atoms with Gasteiger partial charge in [0.25, 0.3) is 0 Å². The number of sulfonamides is 1. The largest absolute Gasteiger partial charge is 0.483 e. The molecule has 0 bridgehead atoms. The molecule has 0 saturated carbocycles. The minimum Gasteiger partial charge on any atom is -0.483 e. The zero-order valence-electron chi connectivity index (χ0n) is 19.8. The molecule has 0 spiro atoms. The first kappa shape index (κ1) is 25.8. The zero-order chi connectivity index (χ0) is 25.2. The molecule has 0 radical (unpaired) electrons. The lowest BCUT2D eigenvalue weighted by Gasteiger charge is -2.36. The van der Waals surface area contributed by atoms with Crippen LogP contribution in [0.2, 0.25) is 0 Å². The molecule has 1 aromatic heterocycles. The van der Waals surface area contributed by atoms with Gasteiger partial charge in [0.05, 0.1) is 23.2 Å². The maximum absolute atomic E-state index is 13.8.